The average molecular weight is 403 g/mol. The van der Waals surface area contributed by atoms with Crippen molar-refractivity contribution in [2.75, 3.05) is 0 Å². The topological polar surface area (TPSA) is 106 Å². The summed E-state index contributed by atoms with van der Waals surface area (Å²) in [5.41, 5.74) is 1.94. The monoisotopic (exact) mass is 403 g/mol. The van der Waals surface area contributed by atoms with E-state index in [9.17, 15) is 19.7 Å². The number of hydrogen-bond acceptors (Lipinski definition) is 5. The van der Waals surface area contributed by atoms with Gasteiger partial charge in [0, 0.05) is 12.1 Å². The standard InChI is InChI=1S/C22H17N3O5/c1-14-7-9-17(19(11-14)25(28)29)20-10-8-16(30-20)12-18-21(26)24(22(27)23-18)13-15-5-3-2-4-6-15/h2-12H,13H2,1H3,(H,23,27)/b18-12+. The van der Waals surface area contributed by atoms with E-state index in [0.29, 0.717) is 17.1 Å². The van der Waals surface area contributed by atoms with Gasteiger partial charge in [0.2, 0.25) is 0 Å². The first kappa shape index (κ1) is 19.1. The summed E-state index contributed by atoms with van der Waals surface area (Å²) in [6.45, 7) is 1.92. The van der Waals surface area contributed by atoms with Gasteiger partial charge in [-0.2, -0.15) is 0 Å². The molecule has 0 aliphatic carbocycles. The molecule has 0 unspecified atom stereocenters. The molecule has 0 spiro atoms. The van der Waals surface area contributed by atoms with Gasteiger partial charge in [0.25, 0.3) is 11.6 Å². The van der Waals surface area contributed by atoms with Gasteiger partial charge >= 0.3 is 6.03 Å². The Morgan fingerprint density at radius 2 is 1.87 bits per heavy atom. The van der Waals surface area contributed by atoms with Crippen LogP contribution in [0.5, 0.6) is 0 Å². The molecule has 0 atom stereocenters. The predicted molar refractivity (Wildman–Crippen MR) is 109 cm³/mol. The summed E-state index contributed by atoms with van der Waals surface area (Å²) in [6, 6.07) is 16.7. The zero-order valence-electron chi connectivity index (χ0n) is 16.0. The number of imide groups is 1. The zero-order valence-corrected chi connectivity index (χ0v) is 16.0. The number of nitro groups is 1. The number of hydrogen-bond donors (Lipinski definition) is 1. The van der Waals surface area contributed by atoms with E-state index in [2.05, 4.69) is 5.32 Å². The van der Waals surface area contributed by atoms with Crippen LogP contribution in [0.1, 0.15) is 16.9 Å². The van der Waals surface area contributed by atoms with Crippen molar-refractivity contribution in [1.82, 2.24) is 10.2 Å². The quantitative estimate of drug-likeness (QED) is 0.297. The second kappa shape index (κ2) is 7.67. The number of benzene rings is 2. The van der Waals surface area contributed by atoms with E-state index in [1.165, 1.54) is 12.1 Å². The van der Waals surface area contributed by atoms with Crippen LogP contribution in [0.15, 0.2) is 70.8 Å². The van der Waals surface area contributed by atoms with Gasteiger partial charge in [0.1, 0.15) is 17.2 Å². The van der Waals surface area contributed by atoms with Crippen LogP contribution < -0.4 is 5.32 Å². The Morgan fingerprint density at radius 3 is 2.60 bits per heavy atom. The van der Waals surface area contributed by atoms with Crippen molar-refractivity contribution in [3.8, 4) is 11.3 Å². The third-order valence-electron chi connectivity index (χ3n) is 4.67. The third-order valence-corrected chi connectivity index (χ3v) is 4.67. The molecule has 2 heterocycles. The summed E-state index contributed by atoms with van der Waals surface area (Å²) in [4.78, 5) is 36.8. The maximum Gasteiger partial charge on any atom is 0.329 e. The Balaban J connectivity index is 1.58. The summed E-state index contributed by atoms with van der Waals surface area (Å²) in [6.07, 6.45) is 1.41. The number of nitrogens with one attached hydrogen (secondary N) is 1. The van der Waals surface area contributed by atoms with E-state index in [4.69, 9.17) is 4.42 Å². The molecule has 0 bridgehead atoms. The second-order valence-electron chi connectivity index (χ2n) is 6.84. The molecule has 1 saturated heterocycles. The fourth-order valence-electron chi connectivity index (χ4n) is 3.20. The van der Waals surface area contributed by atoms with Gasteiger partial charge < -0.3 is 9.73 Å². The summed E-state index contributed by atoms with van der Waals surface area (Å²) in [5, 5.41) is 13.9. The Morgan fingerprint density at radius 1 is 1.10 bits per heavy atom. The first-order chi connectivity index (χ1) is 14.4. The molecule has 1 aliphatic rings. The van der Waals surface area contributed by atoms with Crippen LogP contribution in [0, 0.1) is 17.0 Å². The van der Waals surface area contributed by atoms with Gasteiger partial charge in [0.15, 0.2) is 0 Å². The second-order valence-corrected chi connectivity index (χ2v) is 6.84. The van der Waals surface area contributed by atoms with Crippen molar-refractivity contribution < 1.29 is 18.9 Å². The number of carbonyl (C=O) groups is 2. The molecule has 2 aromatic carbocycles. The molecule has 1 N–H and O–H groups in total. The van der Waals surface area contributed by atoms with Crippen molar-refractivity contribution in [1.29, 1.82) is 0 Å². The molecule has 8 heteroatoms. The summed E-state index contributed by atoms with van der Waals surface area (Å²) < 4.78 is 5.70. The van der Waals surface area contributed by atoms with E-state index in [1.807, 2.05) is 30.3 Å². The number of carbonyl (C=O) groups excluding carboxylic acids is 2. The average Bonchev–Trinajstić information content (AvgIpc) is 3.29. The number of nitro benzene ring substituents is 1. The van der Waals surface area contributed by atoms with Crippen molar-refractivity contribution in [2.45, 2.75) is 13.5 Å². The number of rotatable bonds is 5. The number of urea groups is 1. The van der Waals surface area contributed by atoms with Crippen LogP contribution in [0.3, 0.4) is 0 Å². The number of amides is 3. The van der Waals surface area contributed by atoms with Gasteiger partial charge in [0.05, 0.1) is 17.0 Å². The van der Waals surface area contributed by atoms with Crippen molar-refractivity contribution in [3.05, 3.63) is 93.4 Å². The summed E-state index contributed by atoms with van der Waals surface area (Å²) in [5.74, 6) is 0.125. The maximum absolute atomic E-state index is 12.6. The van der Waals surface area contributed by atoms with Gasteiger partial charge in [-0.3, -0.25) is 19.8 Å². The first-order valence-corrected chi connectivity index (χ1v) is 9.16. The zero-order chi connectivity index (χ0) is 21.3. The van der Waals surface area contributed by atoms with E-state index >= 15 is 0 Å². The molecule has 3 aromatic rings. The van der Waals surface area contributed by atoms with Gasteiger partial charge in [-0.15, -0.1) is 0 Å². The highest BCUT2D eigenvalue weighted by atomic mass is 16.6. The molecule has 0 saturated carbocycles. The number of furan rings is 1. The van der Waals surface area contributed by atoms with E-state index in [1.54, 1.807) is 31.2 Å². The lowest BCUT2D eigenvalue weighted by molar-refractivity contribution is -0.384. The molecule has 0 radical (unpaired) electrons. The molecule has 1 aromatic heterocycles. The van der Waals surface area contributed by atoms with E-state index in [-0.39, 0.29) is 17.9 Å². The van der Waals surface area contributed by atoms with Crippen molar-refractivity contribution >= 4 is 23.7 Å². The Kier molecular flexibility index (Phi) is 4.89. The van der Waals surface area contributed by atoms with Crippen LogP contribution in [0.25, 0.3) is 17.4 Å². The summed E-state index contributed by atoms with van der Waals surface area (Å²) in [7, 11) is 0. The maximum atomic E-state index is 12.6. The first-order valence-electron chi connectivity index (χ1n) is 9.16. The number of nitrogens with zero attached hydrogens (tertiary/aromatic N) is 2. The lowest BCUT2D eigenvalue weighted by Crippen LogP contribution is -2.30. The number of aryl methyl sites for hydroxylation is 1. The Bertz CT molecular complexity index is 1180. The minimum atomic E-state index is -0.518. The smallest absolute Gasteiger partial charge is 0.329 e. The molecule has 4 rings (SSSR count). The van der Waals surface area contributed by atoms with Gasteiger partial charge in [-0.25, -0.2) is 4.79 Å². The molecule has 8 nitrogen and oxygen atoms in total. The van der Waals surface area contributed by atoms with Crippen LogP contribution in [-0.2, 0) is 11.3 Å². The van der Waals surface area contributed by atoms with Crippen LogP contribution in [0.4, 0.5) is 10.5 Å². The van der Waals surface area contributed by atoms with Crippen LogP contribution in [0.2, 0.25) is 0 Å². The fourth-order valence-corrected chi connectivity index (χ4v) is 3.20. The van der Waals surface area contributed by atoms with E-state index in [0.717, 1.165) is 16.0 Å². The highest BCUT2D eigenvalue weighted by Crippen LogP contribution is 2.32. The van der Waals surface area contributed by atoms with Crippen molar-refractivity contribution in [2.24, 2.45) is 0 Å². The van der Waals surface area contributed by atoms with Gasteiger partial charge in [-0.05, 0) is 36.2 Å². The summed E-state index contributed by atoms with van der Waals surface area (Å²) >= 11 is 0. The van der Waals surface area contributed by atoms with Gasteiger partial charge in [-0.1, -0.05) is 36.4 Å². The third kappa shape index (κ3) is 3.70. The van der Waals surface area contributed by atoms with Crippen LogP contribution >= 0.6 is 0 Å². The molecular weight excluding hydrogens is 386 g/mol. The van der Waals surface area contributed by atoms with E-state index < -0.39 is 16.9 Å². The fraction of sp³-hybridized carbons (Fsp3) is 0.0909. The lowest BCUT2D eigenvalue weighted by atomic mass is 10.1. The SMILES string of the molecule is Cc1ccc(-c2ccc(/C=C3/NC(=O)N(Cc4ccccc4)C3=O)o2)c([N+](=O)[O-])c1. The molecule has 3 amide bonds. The minimum Gasteiger partial charge on any atom is -0.456 e. The highest BCUT2D eigenvalue weighted by Gasteiger charge is 2.33. The highest BCUT2D eigenvalue weighted by molar-refractivity contribution is 6.13. The largest absolute Gasteiger partial charge is 0.456 e. The molecule has 1 fully saturated rings. The lowest BCUT2D eigenvalue weighted by Gasteiger charge is -2.11. The molecular formula is C22H17N3O5. The Labute approximate surface area is 171 Å². The predicted octanol–water partition coefficient (Wildman–Crippen LogP) is 4.26. The Hall–Kier alpha value is -4.20. The minimum absolute atomic E-state index is 0.0668. The molecule has 1 aliphatic heterocycles. The molecule has 150 valence electrons. The normalized spacial score (nSPS) is 15.0. The van der Waals surface area contributed by atoms with Crippen LogP contribution in [-0.4, -0.2) is 21.8 Å². The molecule has 30 heavy (non-hydrogen) atoms. The van der Waals surface area contributed by atoms with Crippen molar-refractivity contribution in [3.63, 3.8) is 0 Å².